The van der Waals surface area contributed by atoms with Crippen LogP contribution in [0.5, 0.6) is 0 Å². The lowest BCUT2D eigenvalue weighted by atomic mass is 10.3. The van der Waals surface area contributed by atoms with E-state index in [-0.39, 0.29) is 25.7 Å². The molecule has 0 bridgehead atoms. The van der Waals surface area contributed by atoms with E-state index in [0.29, 0.717) is 0 Å². The number of azide groups is 1. The van der Waals surface area contributed by atoms with Gasteiger partial charge < -0.3 is 0 Å². The quantitative estimate of drug-likeness (QED) is 0.210. The van der Waals surface area contributed by atoms with E-state index in [9.17, 15) is 13.2 Å². The van der Waals surface area contributed by atoms with Gasteiger partial charge in [0.15, 0.2) is 0 Å². The van der Waals surface area contributed by atoms with Crippen LogP contribution in [0.3, 0.4) is 0 Å². The molecular weight excluding hydrogens is 322 g/mol. The maximum atomic E-state index is 12.2. The lowest BCUT2D eigenvalue weighted by Gasteiger charge is -2.11. The minimum Gasteiger partial charge on any atom is -0.160 e. The Morgan fingerprint density at radius 2 is 1.82 bits per heavy atom. The van der Waals surface area contributed by atoms with Crippen molar-refractivity contribution in [2.45, 2.75) is 10.4 Å². The topological polar surface area (TPSA) is 48.8 Å². The van der Waals surface area contributed by atoms with Gasteiger partial charge in [-0.15, -0.1) is 0 Å². The molecule has 0 N–H and O–H groups in total. The van der Waals surface area contributed by atoms with Gasteiger partial charge in [0, 0.05) is 9.81 Å². The number of halogens is 6. The molecule has 92 valence electrons. The first-order chi connectivity index (χ1) is 7.76. The Balaban J connectivity index is 3.34. The SMILES string of the molecule is [N-]=[N+]=Nc1c(Cl)cc(SC(F)(F)F)c(Cl)c1Cl. The zero-order valence-electron chi connectivity index (χ0n) is 7.60. The minimum atomic E-state index is -4.52. The molecule has 3 nitrogen and oxygen atoms in total. The third-order valence-electron chi connectivity index (χ3n) is 1.47. The van der Waals surface area contributed by atoms with Crippen LogP contribution in [0.25, 0.3) is 10.4 Å². The van der Waals surface area contributed by atoms with Crippen LogP contribution in [0.2, 0.25) is 15.1 Å². The number of nitrogens with zero attached hydrogens (tertiary/aromatic N) is 3. The molecule has 1 rings (SSSR count). The number of hydrogen-bond acceptors (Lipinski definition) is 2. The molecule has 0 saturated heterocycles. The van der Waals surface area contributed by atoms with Crippen molar-refractivity contribution in [3.63, 3.8) is 0 Å². The highest BCUT2D eigenvalue weighted by Crippen LogP contribution is 2.48. The van der Waals surface area contributed by atoms with Crippen molar-refractivity contribution in [3.8, 4) is 0 Å². The highest BCUT2D eigenvalue weighted by atomic mass is 35.5. The van der Waals surface area contributed by atoms with Gasteiger partial charge in [0.25, 0.3) is 0 Å². The van der Waals surface area contributed by atoms with Crippen molar-refractivity contribution in [1.29, 1.82) is 0 Å². The Morgan fingerprint density at radius 1 is 1.24 bits per heavy atom. The maximum absolute atomic E-state index is 12.2. The molecule has 0 fully saturated rings. The highest BCUT2D eigenvalue weighted by Gasteiger charge is 2.31. The van der Waals surface area contributed by atoms with Gasteiger partial charge in [-0.05, 0) is 23.4 Å². The molecule has 0 saturated carbocycles. The Bertz CT molecular complexity index is 499. The second-order valence-corrected chi connectivity index (χ2v) is 4.84. The summed E-state index contributed by atoms with van der Waals surface area (Å²) in [6.45, 7) is 0. The van der Waals surface area contributed by atoms with Crippen LogP contribution >= 0.6 is 46.6 Å². The van der Waals surface area contributed by atoms with Gasteiger partial charge >= 0.3 is 5.51 Å². The molecule has 0 aromatic heterocycles. The molecule has 1 aromatic rings. The van der Waals surface area contributed by atoms with E-state index in [2.05, 4.69) is 10.0 Å². The van der Waals surface area contributed by atoms with E-state index in [1.807, 2.05) is 0 Å². The minimum absolute atomic E-state index is 0.202. The second-order valence-electron chi connectivity index (χ2n) is 2.57. The first-order valence-corrected chi connectivity index (χ1v) is 5.69. The number of thioether (sulfide) groups is 1. The fourth-order valence-corrected chi connectivity index (χ4v) is 2.43. The van der Waals surface area contributed by atoms with Crippen LogP contribution < -0.4 is 0 Å². The van der Waals surface area contributed by atoms with Crippen molar-refractivity contribution < 1.29 is 13.2 Å². The van der Waals surface area contributed by atoms with Gasteiger partial charge in [0.05, 0.1) is 20.8 Å². The molecule has 0 heterocycles. The molecule has 0 aliphatic carbocycles. The summed E-state index contributed by atoms with van der Waals surface area (Å²) in [5.41, 5.74) is 3.51. The van der Waals surface area contributed by atoms with Crippen LogP contribution in [0.1, 0.15) is 0 Å². The van der Waals surface area contributed by atoms with Crippen LogP contribution in [-0.2, 0) is 0 Å². The summed E-state index contributed by atoms with van der Waals surface area (Å²) >= 11 is 16.4. The van der Waals surface area contributed by atoms with E-state index >= 15 is 0 Å². The first-order valence-electron chi connectivity index (χ1n) is 3.74. The predicted octanol–water partition coefficient (Wildman–Crippen LogP) is 6.20. The third-order valence-corrected chi connectivity index (χ3v) is 3.50. The molecule has 0 aliphatic heterocycles. The standard InChI is InChI=1S/C7HCl3F3N3S/c8-2-1-3(17-7(11,12)13)4(9)5(10)6(2)15-16-14/h1H. The van der Waals surface area contributed by atoms with Gasteiger partial charge in [-0.3, -0.25) is 0 Å². The lowest BCUT2D eigenvalue weighted by Crippen LogP contribution is -1.99. The molecule has 17 heavy (non-hydrogen) atoms. The molecule has 0 amide bonds. The van der Waals surface area contributed by atoms with E-state index in [4.69, 9.17) is 40.3 Å². The summed E-state index contributed by atoms with van der Waals surface area (Å²) in [6, 6.07) is 0.942. The van der Waals surface area contributed by atoms with Gasteiger partial charge in [-0.1, -0.05) is 39.9 Å². The molecule has 0 atom stereocenters. The molecule has 0 spiro atoms. The van der Waals surface area contributed by atoms with Crippen LogP contribution in [-0.4, -0.2) is 5.51 Å². The normalized spacial score (nSPS) is 11.2. The van der Waals surface area contributed by atoms with E-state index < -0.39 is 17.3 Å². The monoisotopic (exact) mass is 321 g/mol. The molecule has 0 unspecified atom stereocenters. The van der Waals surface area contributed by atoms with E-state index in [1.54, 1.807) is 0 Å². The third kappa shape index (κ3) is 3.76. The summed E-state index contributed by atoms with van der Waals surface area (Å²) in [5, 5.41) is 2.26. The van der Waals surface area contributed by atoms with Crippen molar-refractivity contribution >= 4 is 52.3 Å². The fourth-order valence-electron chi connectivity index (χ4n) is 0.899. The predicted molar refractivity (Wildman–Crippen MR) is 62.2 cm³/mol. The summed E-state index contributed by atoms with van der Waals surface area (Å²) in [7, 11) is 0. The lowest BCUT2D eigenvalue weighted by molar-refractivity contribution is -0.0328. The van der Waals surface area contributed by atoms with Crippen LogP contribution in [0, 0.1) is 0 Å². The smallest absolute Gasteiger partial charge is 0.160 e. The van der Waals surface area contributed by atoms with Gasteiger partial charge in [-0.25, -0.2) is 0 Å². The Kier molecular flexibility index (Phi) is 4.69. The number of alkyl halides is 3. The zero-order chi connectivity index (χ0) is 13.2. The number of benzene rings is 1. The second kappa shape index (κ2) is 5.46. The van der Waals surface area contributed by atoms with Crippen molar-refractivity contribution in [2.75, 3.05) is 0 Å². The summed E-state index contributed by atoms with van der Waals surface area (Å²) in [6.07, 6.45) is 0. The van der Waals surface area contributed by atoms with Gasteiger partial charge in [-0.2, -0.15) is 13.2 Å². The highest BCUT2D eigenvalue weighted by molar-refractivity contribution is 8.00. The Labute approximate surface area is 112 Å². The largest absolute Gasteiger partial charge is 0.446 e. The fraction of sp³-hybridized carbons (Fsp3) is 0.143. The average molecular weight is 323 g/mol. The summed E-state index contributed by atoms with van der Waals surface area (Å²) in [5.74, 6) is 0. The zero-order valence-corrected chi connectivity index (χ0v) is 10.7. The van der Waals surface area contributed by atoms with Gasteiger partial charge in [0.2, 0.25) is 0 Å². The van der Waals surface area contributed by atoms with Crippen molar-refractivity contribution in [3.05, 3.63) is 31.6 Å². The van der Waals surface area contributed by atoms with Crippen molar-refractivity contribution in [1.82, 2.24) is 0 Å². The average Bonchev–Trinajstić information content (AvgIpc) is 2.19. The summed E-state index contributed by atoms with van der Waals surface area (Å²) < 4.78 is 36.5. The molecule has 0 aliphatic rings. The maximum Gasteiger partial charge on any atom is 0.446 e. The first kappa shape index (κ1) is 14.6. The van der Waals surface area contributed by atoms with E-state index in [1.165, 1.54) is 0 Å². The number of hydrogen-bond donors (Lipinski definition) is 0. The number of rotatable bonds is 2. The summed E-state index contributed by atoms with van der Waals surface area (Å²) in [4.78, 5) is 2.09. The van der Waals surface area contributed by atoms with Crippen LogP contribution in [0.15, 0.2) is 16.1 Å². The van der Waals surface area contributed by atoms with Crippen LogP contribution in [0.4, 0.5) is 18.9 Å². The molecule has 10 heteroatoms. The van der Waals surface area contributed by atoms with Gasteiger partial charge in [0.1, 0.15) is 0 Å². The molecule has 1 aromatic carbocycles. The molecule has 0 radical (unpaired) electrons. The Morgan fingerprint density at radius 3 is 2.29 bits per heavy atom. The van der Waals surface area contributed by atoms with E-state index in [0.717, 1.165) is 6.07 Å². The molecular formula is C7HCl3F3N3S. The van der Waals surface area contributed by atoms with Crippen molar-refractivity contribution in [2.24, 2.45) is 5.11 Å². The Hall–Kier alpha value is -0.460.